The standard InChI is InChI=1S/C25H17ClN4O3/c26-18-8-4-9-19(14-18)33-20-10-11-22-29(15-20)24(31)23(17-6-2-1-3-7-17)25(32)30(22)16-21-27-12-5-13-28-21/h1-15H,16H2/p+1. The molecule has 3 aromatic heterocycles. The highest BCUT2D eigenvalue weighted by Crippen LogP contribution is 2.26. The fourth-order valence-corrected chi connectivity index (χ4v) is 3.79. The van der Waals surface area contributed by atoms with Crippen molar-refractivity contribution in [2.75, 3.05) is 0 Å². The van der Waals surface area contributed by atoms with Crippen LogP contribution in [0.25, 0.3) is 16.8 Å². The highest BCUT2D eigenvalue weighted by molar-refractivity contribution is 6.30. The Morgan fingerprint density at radius 2 is 1.73 bits per heavy atom. The van der Waals surface area contributed by atoms with Crippen molar-refractivity contribution in [3.63, 3.8) is 0 Å². The van der Waals surface area contributed by atoms with Gasteiger partial charge in [0.15, 0.2) is 23.7 Å². The van der Waals surface area contributed by atoms with Gasteiger partial charge >= 0.3 is 5.56 Å². The van der Waals surface area contributed by atoms with Gasteiger partial charge in [-0.2, -0.15) is 8.97 Å². The van der Waals surface area contributed by atoms with Gasteiger partial charge in [0.25, 0.3) is 11.5 Å². The second-order valence-electron chi connectivity index (χ2n) is 7.27. The SMILES string of the molecule is O=c1c(-c2ccccc2)c(O)[n+](Cc2ncccn2)c2ccc(Oc3cccc(Cl)c3)cn12. The molecule has 162 valence electrons. The third kappa shape index (κ3) is 4.14. The lowest BCUT2D eigenvalue weighted by Crippen LogP contribution is -2.42. The molecule has 0 bridgehead atoms. The Morgan fingerprint density at radius 1 is 0.939 bits per heavy atom. The maximum atomic E-state index is 13.5. The minimum Gasteiger partial charge on any atom is -0.477 e. The summed E-state index contributed by atoms with van der Waals surface area (Å²) in [5, 5.41) is 11.7. The molecular weight excluding hydrogens is 440 g/mol. The van der Waals surface area contributed by atoms with E-state index >= 15 is 0 Å². The van der Waals surface area contributed by atoms with Crippen molar-refractivity contribution in [3.05, 3.63) is 113 Å². The first-order valence-electron chi connectivity index (χ1n) is 10.2. The van der Waals surface area contributed by atoms with Crippen LogP contribution in [0.3, 0.4) is 0 Å². The smallest absolute Gasteiger partial charge is 0.354 e. The number of ether oxygens (including phenoxy) is 1. The van der Waals surface area contributed by atoms with E-state index < -0.39 is 0 Å². The molecule has 0 unspecified atom stereocenters. The summed E-state index contributed by atoms with van der Waals surface area (Å²) in [6.07, 6.45) is 4.85. The number of pyridine rings is 1. The molecule has 0 radical (unpaired) electrons. The van der Waals surface area contributed by atoms with Gasteiger partial charge in [0.05, 0.1) is 0 Å². The number of rotatable bonds is 5. The van der Waals surface area contributed by atoms with Gasteiger partial charge in [-0.3, -0.25) is 0 Å². The molecule has 3 heterocycles. The Morgan fingerprint density at radius 3 is 2.48 bits per heavy atom. The van der Waals surface area contributed by atoms with Crippen molar-refractivity contribution in [2.45, 2.75) is 6.54 Å². The number of aromatic hydroxyl groups is 1. The van der Waals surface area contributed by atoms with E-state index in [4.69, 9.17) is 16.3 Å². The third-order valence-corrected chi connectivity index (χ3v) is 5.34. The molecule has 0 atom stereocenters. The number of nitrogens with zero attached hydrogens (tertiary/aromatic N) is 4. The van der Waals surface area contributed by atoms with Crippen LogP contribution >= 0.6 is 11.6 Å². The zero-order chi connectivity index (χ0) is 22.8. The highest BCUT2D eigenvalue weighted by Gasteiger charge is 2.26. The molecular formula is C25H18ClN4O3+. The van der Waals surface area contributed by atoms with E-state index in [-0.39, 0.29) is 23.5 Å². The van der Waals surface area contributed by atoms with Crippen molar-refractivity contribution in [3.8, 4) is 28.5 Å². The Kier molecular flexibility index (Phi) is 5.46. The molecule has 5 rings (SSSR count). The lowest BCUT2D eigenvalue weighted by atomic mass is 10.1. The second kappa shape index (κ2) is 8.72. The number of aromatic nitrogens is 4. The zero-order valence-electron chi connectivity index (χ0n) is 17.3. The van der Waals surface area contributed by atoms with Crippen LogP contribution in [0.2, 0.25) is 5.02 Å². The predicted octanol–water partition coefficient (Wildman–Crippen LogP) is 4.24. The van der Waals surface area contributed by atoms with Gasteiger partial charge in [-0.15, -0.1) is 0 Å². The third-order valence-electron chi connectivity index (χ3n) is 5.10. The molecule has 0 aliphatic carbocycles. The van der Waals surface area contributed by atoms with E-state index in [1.165, 1.54) is 4.40 Å². The normalized spacial score (nSPS) is 10.9. The van der Waals surface area contributed by atoms with Gasteiger partial charge in [0, 0.05) is 23.5 Å². The quantitative estimate of drug-likeness (QED) is 0.399. The van der Waals surface area contributed by atoms with Crippen molar-refractivity contribution < 1.29 is 14.4 Å². The second-order valence-corrected chi connectivity index (χ2v) is 7.71. The van der Waals surface area contributed by atoms with Crippen LogP contribution in [-0.4, -0.2) is 19.5 Å². The first kappa shape index (κ1) is 20.7. The molecule has 0 fully saturated rings. The molecule has 33 heavy (non-hydrogen) atoms. The summed E-state index contributed by atoms with van der Waals surface area (Å²) < 4.78 is 8.96. The Labute approximate surface area is 193 Å². The lowest BCUT2D eigenvalue weighted by molar-refractivity contribution is -0.672. The summed E-state index contributed by atoms with van der Waals surface area (Å²) in [7, 11) is 0. The molecule has 8 heteroatoms. The number of hydrogen-bond acceptors (Lipinski definition) is 5. The van der Waals surface area contributed by atoms with Gasteiger partial charge in [-0.25, -0.2) is 14.8 Å². The van der Waals surface area contributed by atoms with E-state index in [2.05, 4.69) is 9.97 Å². The molecule has 1 N–H and O–H groups in total. The van der Waals surface area contributed by atoms with E-state index in [1.54, 1.807) is 77.8 Å². The van der Waals surface area contributed by atoms with Crippen LogP contribution in [0.1, 0.15) is 5.82 Å². The van der Waals surface area contributed by atoms with Gasteiger partial charge in [-0.1, -0.05) is 48.0 Å². The molecule has 5 aromatic rings. The Hall–Kier alpha value is -4.23. The van der Waals surface area contributed by atoms with Crippen LogP contribution in [0.15, 0.2) is 96.2 Å². The maximum absolute atomic E-state index is 13.5. The first-order chi connectivity index (χ1) is 16.1. The van der Waals surface area contributed by atoms with Crippen LogP contribution in [0.5, 0.6) is 17.4 Å². The van der Waals surface area contributed by atoms with Gasteiger partial charge in [0.1, 0.15) is 11.9 Å². The van der Waals surface area contributed by atoms with Gasteiger partial charge < -0.3 is 9.84 Å². The van der Waals surface area contributed by atoms with E-state index in [9.17, 15) is 9.90 Å². The fraction of sp³-hybridized carbons (Fsp3) is 0.0400. The topological polar surface area (TPSA) is 80.6 Å². The molecule has 7 nitrogen and oxygen atoms in total. The van der Waals surface area contributed by atoms with Crippen LogP contribution in [0, 0.1) is 0 Å². The summed E-state index contributed by atoms with van der Waals surface area (Å²) in [6, 6.07) is 21.2. The average molecular weight is 458 g/mol. The average Bonchev–Trinajstić information content (AvgIpc) is 2.83. The summed E-state index contributed by atoms with van der Waals surface area (Å²) in [5.41, 5.74) is 0.848. The molecule has 0 saturated carbocycles. The summed E-state index contributed by atoms with van der Waals surface area (Å²) >= 11 is 6.06. The monoisotopic (exact) mass is 457 g/mol. The predicted molar refractivity (Wildman–Crippen MR) is 124 cm³/mol. The van der Waals surface area contributed by atoms with E-state index in [0.29, 0.717) is 33.6 Å². The Bertz CT molecular complexity index is 1510. The van der Waals surface area contributed by atoms with Crippen molar-refractivity contribution >= 4 is 17.2 Å². The zero-order valence-corrected chi connectivity index (χ0v) is 18.1. The van der Waals surface area contributed by atoms with Crippen LogP contribution in [0.4, 0.5) is 0 Å². The van der Waals surface area contributed by atoms with Gasteiger partial charge in [-0.05, 0) is 35.9 Å². The number of fused-ring (bicyclic) bond motifs is 1. The molecule has 0 aliphatic rings. The number of halogens is 1. The summed E-state index contributed by atoms with van der Waals surface area (Å²) in [5.74, 6) is 1.32. The van der Waals surface area contributed by atoms with Crippen molar-refractivity contribution in [2.24, 2.45) is 0 Å². The van der Waals surface area contributed by atoms with E-state index in [1.807, 2.05) is 18.2 Å². The van der Waals surface area contributed by atoms with Crippen LogP contribution in [-0.2, 0) is 6.54 Å². The van der Waals surface area contributed by atoms with Crippen LogP contribution < -0.4 is 14.9 Å². The highest BCUT2D eigenvalue weighted by atomic mass is 35.5. The Balaban J connectivity index is 1.71. The minimum atomic E-state index is -0.379. The first-order valence-corrected chi connectivity index (χ1v) is 10.5. The molecule has 0 amide bonds. The fourth-order valence-electron chi connectivity index (χ4n) is 3.61. The van der Waals surface area contributed by atoms with Crippen molar-refractivity contribution in [1.29, 1.82) is 0 Å². The number of hydrogen-bond donors (Lipinski definition) is 1. The summed E-state index contributed by atoms with van der Waals surface area (Å²) in [4.78, 5) is 22.0. The number of benzene rings is 2. The summed E-state index contributed by atoms with van der Waals surface area (Å²) in [6.45, 7) is 0.171. The molecule has 0 spiro atoms. The van der Waals surface area contributed by atoms with E-state index in [0.717, 1.165) is 0 Å². The van der Waals surface area contributed by atoms with Crippen molar-refractivity contribution in [1.82, 2.24) is 14.4 Å². The maximum Gasteiger partial charge on any atom is 0.354 e. The van der Waals surface area contributed by atoms with Gasteiger partial charge in [0.2, 0.25) is 0 Å². The lowest BCUT2D eigenvalue weighted by Gasteiger charge is -2.11. The largest absolute Gasteiger partial charge is 0.477 e. The molecule has 2 aromatic carbocycles. The minimum absolute atomic E-state index is 0.165. The molecule has 0 aliphatic heterocycles. The molecule has 0 saturated heterocycles.